The van der Waals surface area contributed by atoms with Gasteiger partial charge in [0.2, 0.25) is 0 Å². The molecule has 2 heteroatoms. The number of hydrogen-bond acceptors (Lipinski definition) is 1. The molecular formula is C7H13NO. The van der Waals surface area contributed by atoms with Crippen LogP contribution in [0, 0.1) is 0 Å². The Morgan fingerprint density at radius 1 is 1.33 bits per heavy atom. The van der Waals surface area contributed by atoms with Crippen LogP contribution in [0.5, 0.6) is 0 Å². The van der Waals surface area contributed by atoms with Crippen LogP contribution in [0.4, 0.5) is 0 Å². The fraction of sp³-hybridized carbons (Fsp3) is 0.857. The summed E-state index contributed by atoms with van der Waals surface area (Å²) in [6.45, 7) is 2.11. The van der Waals surface area contributed by atoms with Crippen LogP contribution in [0.2, 0.25) is 0 Å². The molecule has 0 rings (SSSR count). The molecule has 0 aliphatic heterocycles. The van der Waals surface area contributed by atoms with Crippen molar-refractivity contribution >= 4 is 5.91 Å². The van der Waals surface area contributed by atoms with E-state index in [4.69, 9.17) is 5.73 Å². The average Bonchev–Trinajstić information content (AvgIpc) is 1.80. The average molecular weight is 127 g/mol. The van der Waals surface area contributed by atoms with Crippen molar-refractivity contribution in [1.82, 2.24) is 5.73 Å². The van der Waals surface area contributed by atoms with Crippen LogP contribution in [0.15, 0.2) is 0 Å². The Kier molecular flexibility index (Phi) is 5.27. The van der Waals surface area contributed by atoms with Crippen LogP contribution in [-0.4, -0.2) is 5.91 Å². The predicted molar refractivity (Wildman–Crippen MR) is 35.9 cm³/mol. The highest BCUT2D eigenvalue weighted by Gasteiger charge is 1.94. The molecule has 1 amide bonds. The smallest absolute Gasteiger partial charge is 0.264 e. The second-order valence-corrected chi connectivity index (χ2v) is 2.20. The molecule has 0 aromatic heterocycles. The Hall–Kier alpha value is -0.530. The van der Waals surface area contributed by atoms with Gasteiger partial charge in [0.05, 0.1) is 0 Å². The lowest BCUT2D eigenvalue weighted by molar-refractivity contribution is -0.118. The lowest BCUT2D eigenvalue weighted by atomic mass is 10.1. The molecular weight excluding hydrogens is 114 g/mol. The Morgan fingerprint density at radius 3 is 2.44 bits per heavy atom. The van der Waals surface area contributed by atoms with Crippen LogP contribution >= 0.6 is 0 Å². The van der Waals surface area contributed by atoms with E-state index >= 15 is 0 Å². The van der Waals surface area contributed by atoms with E-state index < -0.39 is 5.91 Å². The fourth-order valence-corrected chi connectivity index (χ4v) is 0.703. The summed E-state index contributed by atoms with van der Waals surface area (Å²) >= 11 is 0. The number of unbranched alkanes of at least 4 members (excludes halogenated alkanes) is 3. The molecule has 0 saturated heterocycles. The molecule has 0 aliphatic carbocycles. The first-order valence-corrected chi connectivity index (χ1v) is 3.49. The first kappa shape index (κ1) is 8.47. The van der Waals surface area contributed by atoms with Gasteiger partial charge in [-0.05, 0) is 6.42 Å². The number of carbonyl (C=O) groups excluding carboxylic acids is 1. The summed E-state index contributed by atoms with van der Waals surface area (Å²) in [5.41, 5.74) is 8.21. The molecule has 0 fully saturated rings. The van der Waals surface area contributed by atoms with Gasteiger partial charge in [0.15, 0.2) is 0 Å². The van der Waals surface area contributed by atoms with E-state index in [0.717, 1.165) is 19.3 Å². The first-order valence-electron chi connectivity index (χ1n) is 3.49. The normalized spacial score (nSPS) is 9.44. The van der Waals surface area contributed by atoms with Gasteiger partial charge < -0.3 is 0 Å². The highest BCUT2D eigenvalue weighted by Crippen LogP contribution is 2.01. The van der Waals surface area contributed by atoms with Crippen molar-refractivity contribution < 1.29 is 4.79 Å². The van der Waals surface area contributed by atoms with Gasteiger partial charge in [-0.1, -0.05) is 26.2 Å². The number of nitrogens with zero attached hydrogens (tertiary/aromatic N) is 1. The second kappa shape index (κ2) is 5.60. The number of amides is 1. The molecule has 0 aliphatic rings. The molecule has 0 atom stereocenters. The van der Waals surface area contributed by atoms with Crippen molar-refractivity contribution in [3.63, 3.8) is 0 Å². The largest absolute Gasteiger partial charge is 0.271 e. The number of carbonyl (C=O) groups is 1. The topological polar surface area (TPSA) is 39.4 Å². The van der Waals surface area contributed by atoms with Gasteiger partial charge >= 0.3 is 0 Å². The van der Waals surface area contributed by atoms with Gasteiger partial charge in [0.25, 0.3) is 5.91 Å². The van der Waals surface area contributed by atoms with Gasteiger partial charge in [-0.3, -0.25) is 4.79 Å². The standard InChI is InChI=1S/C7H13NO/c1-2-3-4-5-6-7(8)9/h2-6H2,1H3. The fourth-order valence-electron chi connectivity index (χ4n) is 0.703. The molecule has 52 valence electrons. The van der Waals surface area contributed by atoms with Gasteiger partial charge in [0.1, 0.15) is 0 Å². The second-order valence-electron chi connectivity index (χ2n) is 2.20. The van der Waals surface area contributed by atoms with E-state index in [-0.39, 0.29) is 0 Å². The molecule has 0 heterocycles. The predicted octanol–water partition coefficient (Wildman–Crippen LogP) is 1.55. The summed E-state index contributed by atoms with van der Waals surface area (Å²) in [6.07, 6.45) is 4.55. The highest BCUT2D eigenvalue weighted by atomic mass is 16.1. The zero-order chi connectivity index (χ0) is 7.11. The maximum absolute atomic E-state index is 9.96. The minimum Gasteiger partial charge on any atom is -0.271 e. The van der Waals surface area contributed by atoms with E-state index in [9.17, 15) is 4.79 Å². The van der Waals surface area contributed by atoms with E-state index in [2.05, 4.69) is 6.92 Å². The molecule has 9 heavy (non-hydrogen) atoms. The van der Waals surface area contributed by atoms with Crippen LogP contribution in [0.1, 0.15) is 39.0 Å². The van der Waals surface area contributed by atoms with Crippen molar-refractivity contribution in [2.45, 2.75) is 39.0 Å². The molecule has 0 aromatic rings. The van der Waals surface area contributed by atoms with E-state index in [1.54, 1.807) is 0 Å². The zero-order valence-electron chi connectivity index (χ0n) is 5.89. The molecule has 0 aromatic carbocycles. The summed E-state index contributed by atoms with van der Waals surface area (Å²) in [5, 5.41) is 0. The third-order valence-electron chi connectivity index (χ3n) is 1.24. The van der Waals surface area contributed by atoms with Crippen molar-refractivity contribution in [2.75, 3.05) is 0 Å². The third-order valence-corrected chi connectivity index (χ3v) is 1.24. The van der Waals surface area contributed by atoms with Crippen LogP contribution in [-0.2, 0) is 4.79 Å². The maximum atomic E-state index is 9.96. The summed E-state index contributed by atoms with van der Waals surface area (Å²) in [7, 11) is 0. The Balaban J connectivity index is 2.83. The Bertz CT molecular complexity index is 81.0. The Labute approximate surface area is 56.4 Å². The first-order chi connectivity index (χ1) is 4.27. The SMILES string of the molecule is CCCCCCC([N])=O. The van der Waals surface area contributed by atoms with E-state index in [1.807, 2.05) is 0 Å². The zero-order valence-corrected chi connectivity index (χ0v) is 5.89. The summed E-state index contributed by atoms with van der Waals surface area (Å²) in [6, 6.07) is 0. The van der Waals surface area contributed by atoms with Crippen molar-refractivity contribution in [2.24, 2.45) is 0 Å². The molecule has 2 radical (unpaired) electrons. The monoisotopic (exact) mass is 127 g/mol. The highest BCUT2D eigenvalue weighted by molar-refractivity contribution is 5.72. The van der Waals surface area contributed by atoms with Gasteiger partial charge in [-0.2, -0.15) is 0 Å². The quantitative estimate of drug-likeness (QED) is 0.516. The maximum Gasteiger partial charge on any atom is 0.264 e. The van der Waals surface area contributed by atoms with Crippen LogP contribution < -0.4 is 5.73 Å². The minimum absolute atomic E-state index is 0.333. The lowest BCUT2D eigenvalue weighted by Crippen LogP contribution is -1.95. The minimum atomic E-state index is -0.675. The molecule has 0 saturated carbocycles. The molecule has 0 bridgehead atoms. The number of hydrogen-bond donors (Lipinski definition) is 0. The van der Waals surface area contributed by atoms with Crippen molar-refractivity contribution in [3.05, 3.63) is 0 Å². The van der Waals surface area contributed by atoms with E-state index in [1.165, 1.54) is 6.42 Å². The number of rotatable bonds is 5. The van der Waals surface area contributed by atoms with Crippen LogP contribution in [0.25, 0.3) is 0 Å². The summed E-state index contributed by atoms with van der Waals surface area (Å²) < 4.78 is 0. The lowest BCUT2D eigenvalue weighted by Gasteiger charge is -1.92. The van der Waals surface area contributed by atoms with Gasteiger partial charge in [-0.25, -0.2) is 0 Å². The van der Waals surface area contributed by atoms with E-state index in [0.29, 0.717) is 6.42 Å². The van der Waals surface area contributed by atoms with Crippen LogP contribution in [0.3, 0.4) is 0 Å². The molecule has 0 N–H and O–H groups in total. The molecule has 0 unspecified atom stereocenters. The van der Waals surface area contributed by atoms with Gasteiger partial charge in [0, 0.05) is 6.42 Å². The molecule has 0 spiro atoms. The summed E-state index contributed by atoms with van der Waals surface area (Å²) in [5.74, 6) is -0.675. The Morgan fingerprint density at radius 2 is 2.00 bits per heavy atom. The molecule has 2 nitrogen and oxygen atoms in total. The van der Waals surface area contributed by atoms with Crippen molar-refractivity contribution in [1.29, 1.82) is 0 Å². The van der Waals surface area contributed by atoms with Crippen molar-refractivity contribution in [3.8, 4) is 0 Å². The summed E-state index contributed by atoms with van der Waals surface area (Å²) in [4.78, 5) is 9.96. The third kappa shape index (κ3) is 7.47. The van der Waals surface area contributed by atoms with Gasteiger partial charge in [-0.15, -0.1) is 5.73 Å².